The van der Waals surface area contributed by atoms with Crippen molar-refractivity contribution in [1.29, 1.82) is 0 Å². The second-order valence-corrected chi connectivity index (χ2v) is 6.05. The molecule has 0 saturated carbocycles. The molecule has 2 unspecified atom stereocenters. The Bertz CT molecular complexity index is 388. The average molecular weight is 312 g/mol. The van der Waals surface area contributed by atoms with Gasteiger partial charge in [0.1, 0.15) is 0 Å². The summed E-state index contributed by atoms with van der Waals surface area (Å²) >= 11 is 3.58. The van der Waals surface area contributed by atoms with E-state index in [1.807, 2.05) is 0 Å². The molecule has 2 rings (SSSR count). The van der Waals surface area contributed by atoms with Crippen LogP contribution in [-0.2, 0) is 4.74 Å². The molecule has 2 nitrogen and oxygen atoms in total. The van der Waals surface area contributed by atoms with E-state index in [0.717, 1.165) is 30.3 Å². The minimum Gasteiger partial charge on any atom is -0.378 e. The van der Waals surface area contributed by atoms with Gasteiger partial charge in [0.05, 0.1) is 6.10 Å². The second kappa shape index (κ2) is 6.69. The van der Waals surface area contributed by atoms with Gasteiger partial charge >= 0.3 is 0 Å². The average Bonchev–Trinajstić information content (AvgIpc) is 2.85. The van der Waals surface area contributed by atoms with Gasteiger partial charge in [-0.05, 0) is 50.7 Å². The predicted molar refractivity (Wildman–Crippen MR) is 78.6 cm³/mol. The molecule has 1 aromatic carbocycles. The zero-order chi connectivity index (χ0) is 13.0. The van der Waals surface area contributed by atoms with E-state index in [0.29, 0.717) is 6.10 Å². The number of hydrogen-bond donors (Lipinski definition) is 1. The Morgan fingerprint density at radius 3 is 3.06 bits per heavy atom. The first kappa shape index (κ1) is 14.0. The fourth-order valence-electron chi connectivity index (χ4n) is 2.54. The lowest BCUT2D eigenvalue weighted by atomic mass is 9.99. The van der Waals surface area contributed by atoms with E-state index in [2.05, 4.69) is 41.1 Å². The third-order valence-electron chi connectivity index (χ3n) is 3.62. The van der Waals surface area contributed by atoms with Crippen molar-refractivity contribution in [3.05, 3.63) is 33.8 Å². The maximum absolute atomic E-state index is 6.28. The second-order valence-electron chi connectivity index (χ2n) is 5.20. The Labute approximate surface area is 118 Å². The van der Waals surface area contributed by atoms with Crippen molar-refractivity contribution < 1.29 is 4.74 Å². The van der Waals surface area contributed by atoms with Crippen molar-refractivity contribution in [2.45, 2.75) is 51.2 Å². The SMILES string of the molecule is Cc1ccc(Br)c(C(N)CCCC2CCCO2)c1. The number of rotatable bonds is 5. The molecule has 0 aromatic heterocycles. The van der Waals surface area contributed by atoms with Crippen LogP contribution in [0.15, 0.2) is 22.7 Å². The summed E-state index contributed by atoms with van der Waals surface area (Å²) in [4.78, 5) is 0. The molecule has 100 valence electrons. The molecule has 18 heavy (non-hydrogen) atoms. The highest BCUT2D eigenvalue weighted by atomic mass is 79.9. The fourth-order valence-corrected chi connectivity index (χ4v) is 3.08. The minimum atomic E-state index is 0.126. The third kappa shape index (κ3) is 3.81. The third-order valence-corrected chi connectivity index (χ3v) is 4.34. The topological polar surface area (TPSA) is 35.2 Å². The standard InChI is InChI=1S/C15H22BrNO/c1-11-7-8-14(16)13(10-11)15(17)6-2-4-12-5-3-9-18-12/h7-8,10,12,15H,2-6,9,17H2,1H3. The zero-order valence-corrected chi connectivity index (χ0v) is 12.6. The van der Waals surface area contributed by atoms with Gasteiger partial charge in [-0.25, -0.2) is 0 Å². The van der Waals surface area contributed by atoms with Crippen LogP contribution in [0.2, 0.25) is 0 Å². The van der Waals surface area contributed by atoms with Crippen molar-refractivity contribution >= 4 is 15.9 Å². The molecular weight excluding hydrogens is 290 g/mol. The van der Waals surface area contributed by atoms with E-state index in [1.165, 1.54) is 24.0 Å². The van der Waals surface area contributed by atoms with Crippen LogP contribution in [0.25, 0.3) is 0 Å². The van der Waals surface area contributed by atoms with Crippen LogP contribution in [0.1, 0.15) is 49.3 Å². The van der Waals surface area contributed by atoms with Gasteiger partial charge in [-0.2, -0.15) is 0 Å². The maximum atomic E-state index is 6.28. The van der Waals surface area contributed by atoms with Crippen molar-refractivity contribution in [3.63, 3.8) is 0 Å². The van der Waals surface area contributed by atoms with Crippen LogP contribution in [0.5, 0.6) is 0 Å². The van der Waals surface area contributed by atoms with Crippen LogP contribution < -0.4 is 5.73 Å². The van der Waals surface area contributed by atoms with Gasteiger partial charge < -0.3 is 10.5 Å². The normalized spacial score (nSPS) is 21.2. The summed E-state index contributed by atoms with van der Waals surface area (Å²) in [5.74, 6) is 0. The number of aryl methyl sites for hydroxylation is 1. The van der Waals surface area contributed by atoms with Crippen LogP contribution in [0.4, 0.5) is 0 Å². The van der Waals surface area contributed by atoms with E-state index < -0.39 is 0 Å². The summed E-state index contributed by atoms with van der Waals surface area (Å²) in [5.41, 5.74) is 8.77. The van der Waals surface area contributed by atoms with E-state index in [9.17, 15) is 0 Å². The summed E-state index contributed by atoms with van der Waals surface area (Å²) in [6.07, 6.45) is 6.26. The number of benzene rings is 1. The Hall–Kier alpha value is -0.380. The number of halogens is 1. The van der Waals surface area contributed by atoms with Gasteiger partial charge in [0, 0.05) is 17.1 Å². The molecule has 0 spiro atoms. The van der Waals surface area contributed by atoms with Gasteiger partial charge in [-0.15, -0.1) is 0 Å². The Morgan fingerprint density at radius 2 is 2.33 bits per heavy atom. The summed E-state index contributed by atoms with van der Waals surface area (Å²) in [7, 11) is 0. The van der Waals surface area contributed by atoms with Gasteiger partial charge in [0.2, 0.25) is 0 Å². The molecule has 1 saturated heterocycles. The molecule has 0 amide bonds. The molecule has 0 aliphatic carbocycles. The first-order chi connectivity index (χ1) is 8.66. The van der Waals surface area contributed by atoms with Crippen molar-refractivity contribution in [2.24, 2.45) is 5.73 Å². The maximum Gasteiger partial charge on any atom is 0.0576 e. The number of hydrogen-bond acceptors (Lipinski definition) is 2. The van der Waals surface area contributed by atoms with Crippen molar-refractivity contribution in [3.8, 4) is 0 Å². The fraction of sp³-hybridized carbons (Fsp3) is 0.600. The van der Waals surface area contributed by atoms with Gasteiger partial charge in [0.25, 0.3) is 0 Å². The van der Waals surface area contributed by atoms with Gasteiger partial charge in [0.15, 0.2) is 0 Å². The Kier molecular flexibility index (Phi) is 5.22. The quantitative estimate of drug-likeness (QED) is 0.888. The molecule has 1 heterocycles. The number of ether oxygens (including phenoxy) is 1. The molecule has 2 N–H and O–H groups in total. The molecule has 2 atom stereocenters. The van der Waals surface area contributed by atoms with Gasteiger partial charge in [-0.1, -0.05) is 33.6 Å². The molecule has 1 aliphatic rings. The molecule has 1 aliphatic heterocycles. The Morgan fingerprint density at radius 1 is 1.50 bits per heavy atom. The van der Waals surface area contributed by atoms with Gasteiger partial charge in [-0.3, -0.25) is 0 Å². The monoisotopic (exact) mass is 311 g/mol. The van der Waals surface area contributed by atoms with E-state index in [1.54, 1.807) is 0 Å². The van der Waals surface area contributed by atoms with Crippen molar-refractivity contribution in [2.75, 3.05) is 6.61 Å². The minimum absolute atomic E-state index is 0.126. The summed E-state index contributed by atoms with van der Waals surface area (Å²) in [6, 6.07) is 6.50. The van der Waals surface area contributed by atoms with E-state index >= 15 is 0 Å². The molecule has 0 bridgehead atoms. The van der Waals surface area contributed by atoms with Crippen LogP contribution in [0, 0.1) is 6.92 Å². The highest BCUT2D eigenvalue weighted by Gasteiger charge is 2.16. The number of nitrogens with two attached hydrogens (primary N) is 1. The first-order valence-electron chi connectivity index (χ1n) is 6.80. The van der Waals surface area contributed by atoms with E-state index in [-0.39, 0.29) is 6.04 Å². The molecule has 1 aromatic rings. The highest BCUT2D eigenvalue weighted by Crippen LogP contribution is 2.27. The smallest absolute Gasteiger partial charge is 0.0576 e. The lowest BCUT2D eigenvalue weighted by molar-refractivity contribution is 0.101. The Balaban J connectivity index is 1.83. The lowest BCUT2D eigenvalue weighted by Gasteiger charge is -2.16. The molecule has 0 radical (unpaired) electrons. The largest absolute Gasteiger partial charge is 0.378 e. The summed E-state index contributed by atoms with van der Waals surface area (Å²) < 4.78 is 6.76. The predicted octanol–water partition coefficient (Wildman–Crippen LogP) is 4.11. The van der Waals surface area contributed by atoms with E-state index in [4.69, 9.17) is 10.5 Å². The molecule has 3 heteroatoms. The highest BCUT2D eigenvalue weighted by molar-refractivity contribution is 9.10. The van der Waals surface area contributed by atoms with Crippen LogP contribution >= 0.6 is 15.9 Å². The molecule has 1 fully saturated rings. The first-order valence-corrected chi connectivity index (χ1v) is 7.59. The molecular formula is C15H22BrNO. The van der Waals surface area contributed by atoms with Crippen LogP contribution in [0.3, 0.4) is 0 Å². The zero-order valence-electron chi connectivity index (χ0n) is 11.0. The van der Waals surface area contributed by atoms with Crippen molar-refractivity contribution in [1.82, 2.24) is 0 Å². The van der Waals surface area contributed by atoms with Crippen LogP contribution in [-0.4, -0.2) is 12.7 Å². The lowest BCUT2D eigenvalue weighted by Crippen LogP contribution is -2.13. The summed E-state index contributed by atoms with van der Waals surface area (Å²) in [5, 5.41) is 0. The summed E-state index contributed by atoms with van der Waals surface area (Å²) in [6.45, 7) is 3.05.